The summed E-state index contributed by atoms with van der Waals surface area (Å²) >= 11 is 0. The number of nitrogens with one attached hydrogen (secondary N) is 3. The van der Waals surface area contributed by atoms with Crippen molar-refractivity contribution in [3.63, 3.8) is 0 Å². The number of nitrogen functional groups attached to an aromatic ring is 1. The van der Waals surface area contributed by atoms with Crippen molar-refractivity contribution in [1.29, 1.82) is 0 Å². The molecule has 1 fully saturated rings. The number of carbonyl (C=O) groups excluding carboxylic acids is 2. The van der Waals surface area contributed by atoms with Crippen LogP contribution in [0.15, 0.2) is 18.2 Å². The number of hydrogen-bond donors (Lipinski definition) is 4. The van der Waals surface area contributed by atoms with Gasteiger partial charge in [-0.2, -0.15) is 0 Å². The Bertz CT molecular complexity index is 526. The predicted molar refractivity (Wildman–Crippen MR) is 83.1 cm³/mol. The van der Waals surface area contributed by atoms with Crippen LogP contribution in [0, 0.1) is 0 Å². The monoisotopic (exact) mass is 290 g/mol. The van der Waals surface area contributed by atoms with Crippen LogP contribution >= 0.6 is 0 Å². The number of amides is 2. The maximum atomic E-state index is 12.0. The van der Waals surface area contributed by atoms with Gasteiger partial charge in [0.15, 0.2) is 0 Å². The molecule has 2 amide bonds. The molecule has 6 heteroatoms. The largest absolute Gasteiger partial charge is 0.399 e. The number of nitrogens with two attached hydrogens (primary N) is 1. The number of rotatable bonds is 7. The van der Waals surface area contributed by atoms with E-state index < -0.39 is 0 Å². The summed E-state index contributed by atoms with van der Waals surface area (Å²) in [6, 6.07) is 5.46. The molecule has 21 heavy (non-hydrogen) atoms. The molecular weight excluding hydrogens is 268 g/mol. The van der Waals surface area contributed by atoms with Crippen molar-refractivity contribution in [3.8, 4) is 0 Å². The molecule has 0 unspecified atom stereocenters. The zero-order valence-electron chi connectivity index (χ0n) is 12.2. The zero-order chi connectivity index (χ0) is 15.2. The van der Waals surface area contributed by atoms with E-state index in [9.17, 15) is 9.59 Å². The molecule has 0 aromatic heterocycles. The molecule has 0 bridgehead atoms. The lowest BCUT2D eigenvalue weighted by Crippen LogP contribution is -2.28. The predicted octanol–water partition coefficient (Wildman–Crippen LogP) is 1.10. The minimum atomic E-state index is -0.151. The highest BCUT2D eigenvalue weighted by molar-refractivity contribution is 6.00. The summed E-state index contributed by atoms with van der Waals surface area (Å²) in [5.74, 6) is -0.115. The third-order valence-corrected chi connectivity index (χ3v) is 3.24. The normalized spacial score (nSPS) is 13.6. The third kappa shape index (κ3) is 4.66. The first-order valence-corrected chi connectivity index (χ1v) is 7.31. The van der Waals surface area contributed by atoms with E-state index in [0.717, 1.165) is 12.8 Å². The Kier molecular flexibility index (Phi) is 5.03. The SMILES string of the molecule is CCNC(=O)c1ccc(N)cc1NCCC(=O)NC1CC1. The van der Waals surface area contributed by atoms with Crippen LogP contribution in [0.1, 0.15) is 36.5 Å². The van der Waals surface area contributed by atoms with E-state index in [-0.39, 0.29) is 11.8 Å². The molecule has 1 aliphatic rings. The van der Waals surface area contributed by atoms with Gasteiger partial charge in [0.1, 0.15) is 0 Å². The van der Waals surface area contributed by atoms with E-state index in [4.69, 9.17) is 5.73 Å². The van der Waals surface area contributed by atoms with Crippen molar-refractivity contribution in [2.45, 2.75) is 32.2 Å². The maximum Gasteiger partial charge on any atom is 0.253 e. The summed E-state index contributed by atoms with van der Waals surface area (Å²) in [5, 5.41) is 8.80. The van der Waals surface area contributed by atoms with Crippen LogP contribution in [-0.2, 0) is 4.79 Å². The molecule has 0 radical (unpaired) electrons. The second-order valence-electron chi connectivity index (χ2n) is 5.18. The number of carbonyl (C=O) groups is 2. The first-order valence-electron chi connectivity index (χ1n) is 7.31. The van der Waals surface area contributed by atoms with Gasteiger partial charge in [-0.05, 0) is 38.0 Å². The lowest BCUT2D eigenvalue weighted by atomic mass is 10.1. The lowest BCUT2D eigenvalue weighted by molar-refractivity contribution is -0.120. The molecule has 114 valence electrons. The van der Waals surface area contributed by atoms with Crippen LogP contribution in [0.3, 0.4) is 0 Å². The molecule has 0 heterocycles. The van der Waals surface area contributed by atoms with Crippen molar-refractivity contribution in [3.05, 3.63) is 23.8 Å². The number of benzene rings is 1. The molecule has 0 atom stereocenters. The molecule has 0 saturated heterocycles. The summed E-state index contributed by atoms with van der Waals surface area (Å²) in [4.78, 5) is 23.6. The summed E-state index contributed by atoms with van der Waals surface area (Å²) in [5.41, 5.74) is 7.52. The van der Waals surface area contributed by atoms with Gasteiger partial charge >= 0.3 is 0 Å². The van der Waals surface area contributed by atoms with Crippen LogP contribution in [0.2, 0.25) is 0 Å². The van der Waals surface area contributed by atoms with Crippen LogP contribution in [0.25, 0.3) is 0 Å². The molecule has 0 aliphatic heterocycles. The average molecular weight is 290 g/mol. The quantitative estimate of drug-likeness (QED) is 0.565. The Balaban J connectivity index is 1.92. The van der Waals surface area contributed by atoms with Gasteiger partial charge in [0.25, 0.3) is 5.91 Å². The molecule has 6 nitrogen and oxygen atoms in total. The molecule has 1 aromatic rings. The van der Waals surface area contributed by atoms with Crippen LogP contribution in [0.4, 0.5) is 11.4 Å². The van der Waals surface area contributed by atoms with Gasteiger partial charge in [0, 0.05) is 36.9 Å². The Morgan fingerprint density at radius 1 is 1.33 bits per heavy atom. The van der Waals surface area contributed by atoms with Gasteiger partial charge in [-0.1, -0.05) is 0 Å². The average Bonchev–Trinajstić information content (AvgIpc) is 3.23. The first kappa shape index (κ1) is 15.2. The zero-order valence-corrected chi connectivity index (χ0v) is 12.2. The van der Waals surface area contributed by atoms with Gasteiger partial charge in [0.2, 0.25) is 5.91 Å². The second kappa shape index (κ2) is 6.97. The molecule has 1 aliphatic carbocycles. The minimum absolute atomic E-state index is 0.0356. The highest BCUT2D eigenvalue weighted by Crippen LogP contribution is 2.20. The van der Waals surface area contributed by atoms with Crippen molar-refractivity contribution < 1.29 is 9.59 Å². The van der Waals surface area contributed by atoms with E-state index in [2.05, 4.69) is 16.0 Å². The van der Waals surface area contributed by atoms with Crippen LogP contribution < -0.4 is 21.7 Å². The fourth-order valence-corrected chi connectivity index (χ4v) is 2.00. The van der Waals surface area contributed by atoms with E-state index in [1.807, 2.05) is 6.92 Å². The molecular formula is C15H22N4O2. The lowest BCUT2D eigenvalue weighted by Gasteiger charge is -2.12. The fourth-order valence-electron chi connectivity index (χ4n) is 2.00. The Morgan fingerprint density at radius 3 is 2.76 bits per heavy atom. The van der Waals surface area contributed by atoms with Crippen molar-refractivity contribution in [2.75, 3.05) is 24.1 Å². The molecule has 2 rings (SSSR count). The molecule has 5 N–H and O–H groups in total. The van der Waals surface area contributed by atoms with Gasteiger partial charge in [0.05, 0.1) is 5.56 Å². The van der Waals surface area contributed by atoms with Gasteiger partial charge < -0.3 is 21.7 Å². The van der Waals surface area contributed by atoms with Gasteiger partial charge in [-0.25, -0.2) is 0 Å². The number of anilines is 2. The fraction of sp³-hybridized carbons (Fsp3) is 0.467. The molecule has 1 saturated carbocycles. The molecule has 0 spiro atoms. The van der Waals surface area contributed by atoms with Gasteiger partial charge in [-0.15, -0.1) is 0 Å². The first-order chi connectivity index (χ1) is 10.1. The highest BCUT2D eigenvalue weighted by atomic mass is 16.2. The van der Waals surface area contributed by atoms with Crippen LogP contribution in [-0.4, -0.2) is 30.9 Å². The Hall–Kier alpha value is -2.24. The summed E-state index contributed by atoms with van der Waals surface area (Å²) in [6.07, 6.45) is 2.53. The summed E-state index contributed by atoms with van der Waals surface area (Å²) < 4.78 is 0. The summed E-state index contributed by atoms with van der Waals surface area (Å²) in [7, 11) is 0. The second-order valence-corrected chi connectivity index (χ2v) is 5.18. The smallest absolute Gasteiger partial charge is 0.253 e. The van der Waals surface area contributed by atoms with Crippen LogP contribution in [0.5, 0.6) is 0 Å². The highest BCUT2D eigenvalue weighted by Gasteiger charge is 2.22. The Morgan fingerprint density at radius 2 is 2.10 bits per heavy atom. The standard InChI is InChI=1S/C15H22N4O2/c1-2-17-15(21)12-6-3-10(16)9-13(12)18-8-7-14(20)19-11-4-5-11/h3,6,9,11,18H,2,4-5,7-8,16H2,1H3,(H,17,21)(H,19,20). The van der Waals surface area contributed by atoms with E-state index in [0.29, 0.717) is 42.5 Å². The Labute approximate surface area is 124 Å². The summed E-state index contributed by atoms with van der Waals surface area (Å²) in [6.45, 7) is 2.89. The van der Waals surface area contributed by atoms with Crippen molar-refractivity contribution in [2.24, 2.45) is 0 Å². The third-order valence-electron chi connectivity index (χ3n) is 3.24. The van der Waals surface area contributed by atoms with Crippen molar-refractivity contribution in [1.82, 2.24) is 10.6 Å². The molecule has 1 aromatic carbocycles. The minimum Gasteiger partial charge on any atom is -0.399 e. The van der Waals surface area contributed by atoms with E-state index in [1.165, 1.54) is 0 Å². The maximum absolute atomic E-state index is 12.0. The van der Waals surface area contributed by atoms with Crippen molar-refractivity contribution >= 4 is 23.2 Å². The van der Waals surface area contributed by atoms with E-state index in [1.54, 1.807) is 18.2 Å². The van der Waals surface area contributed by atoms with E-state index >= 15 is 0 Å². The topological polar surface area (TPSA) is 96.2 Å². The number of hydrogen-bond acceptors (Lipinski definition) is 4. The van der Waals surface area contributed by atoms with Gasteiger partial charge in [-0.3, -0.25) is 9.59 Å².